The summed E-state index contributed by atoms with van der Waals surface area (Å²) in [7, 11) is 1.31. The summed E-state index contributed by atoms with van der Waals surface area (Å²) in [4.78, 5) is 23.8. The molecule has 0 N–H and O–H groups in total. The van der Waals surface area contributed by atoms with Crippen molar-refractivity contribution in [3.8, 4) is 0 Å². The number of halogens is 1. The van der Waals surface area contributed by atoms with Crippen LogP contribution in [0.15, 0.2) is 18.2 Å². The number of ether oxygens (including phenoxy) is 2. The van der Waals surface area contributed by atoms with E-state index in [0.29, 0.717) is 14.8 Å². The maximum absolute atomic E-state index is 12.2. The SMILES string of the molecule is COC(=O)c1ccc2c(I)nn(C(=O)OC(C)(C)C)c2c1. The normalized spacial score (nSPS) is 11.5. The van der Waals surface area contributed by atoms with Gasteiger partial charge in [0.2, 0.25) is 0 Å². The highest BCUT2D eigenvalue weighted by Crippen LogP contribution is 2.23. The second-order valence-electron chi connectivity index (χ2n) is 5.41. The number of aromatic nitrogens is 2. The molecule has 0 aliphatic rings. The molecule has 0 bridgehead atoms. The van der Waals surface area contributed by atoms with Crippen LogP contribution in [0.5, 0.6) is 0 Å². The molecule has 112 valence electrons. The van der Waals surface area contributed by atoms with Gasteiger partial charge in [0.05, 0.1) is 18.2 Å². The third-order valence-electron chi connectivity index (χ3n) is 2.62. The van der Waals surface area contributed by atoms with Gasteiger partial charge in [-0.2, -0.15) is 9.78 Å². The predicted molar refractivity (Wildman–Crippen MR) is 85.4 cm³/mol. The largest absolute Gasteiger partial charge is 0.465 e. The monoisotopic (exact) mass is 402 g/mol. The Kier molecular flexibility index (Phi) is 4.22. The number of esters is 1. The van der Waals surface area contributed by atoms with Crippen molar-refractivity contribution in [3.63, 3.8) is 0 Å². The molecule has 0 unspecified atom stereocenters. The quantitative estimate of drug-likeness (QED) is 0.541. The van der Waals surface area contributed by atoms with Crippen LogP contribution in [0.3, 0.4) is 0 Å². The lowest BCUT2D eigenvalue weighted by Crippen LogP contribution is -2.27. The summed E-state index contributed by atoms with van der Waals surface area (Å²) >= 11 is 2.03. The molecule has 6 nitrogen and oxygen atoms in total. The van der Waals surface area contributed by atoms with Crippen LogP contribution in [0.25, 0.3) is 10.9 Å². The molecule has 1 aromatic carbocycles. The first-order valence-corrected chi connectivity index (χ1v) is 7.31. The van der Waals surface area contributed by atoms with E-state index in [-0.39, 0.29) is 0 Å². The number of fused-ring (bicyclic) bond motifs is 1. The van der Waals surface area contributed by atoms with Gasteiger partial charge in [0.1, 0.15) is 9.30 Å². The first kappa shape index (κ1) is 15.7. The molecular weight excluding hydrogens is 387 g/mol. The summed E-state index contributed by atoms with van der Waals surface area (Å²) in [5.74, 6) is -0.469. The molecule has 7 heteroatoms. The fourth-order valence-electron chi connectivity index (χ4n) is 1.77. The maximum Gasteiger partial charge on any atom is 0.435 e. The summed E-state index contributed by atoms with van der Waals surface area (Å²) in [5, 5.41) is 4.95. The molecule has 2 rings (SSSR count). The minimum absolute atomic E-state index is 0.353. The molecule has 1 aromatic heterocycles. The second kappa shape index (κ2) is 5.63. The van der Waals surface area contributed by atoms with E-state index in [1.807, 2.05) is 22.6 Å². The highest BCUT2D eigenvalue weighted by Gasteiger charge is 2.22. The van der Waals surface area contributed by atoms with Crippen molar-refractivity contribution in [1.82, 2.24) is 9.78 Å². The molecule has 2 aromatic rings. The van der Waals surface area contributed by atoms with Crippen molar-refractivity contribution < 1.29 is 19.1 Å². The summed E-state index contributed by atoms with van der Waals surface area (Å²) in [6, 6.07) is 4.94. The third-order valence-corrected chi connectivity index (χ3v) is 3.42. The Morgan fingerprint density at radius 2 is 1.95 bits per heavy atom. The number of rotatable bonds is 1. The van der Waals surface area contributed by atoms with Gasteiger partial charge in [0.15, 0.2) is 0 Å². The molecule has 1 heterocycles. The smallest absolute Gasteiger partial charge is 0.435 e. The van der Waals surface area contributed by atoms with E-state index < -0.39 is 17.7 Å². The van der Waals surface area contributed by atoms with Gasteiger partial charge in [0.25, 0.3) is 0 Å². The van der Waals surface area contributed by atoms with Crippen LogP contribution in [-0.4, -0.2) is 34.6 Å². The molecule has 0 amide bonds. The molecule has 0 radical (unpaired) electrons. The number of nitrogens with zero attached hydrogens (tertiary/aromatic N) is 2. The Morgan fingerprint density at radius 1 is 1.29 bits per heavy atom. The summed E-state index contributed by atoms with van der Waals surface area (Å²) in [5.41, 5.74) is 0.239. The van der Waals surface area contributed by atoms with Gasteiger partial charge in [-0.05, 0) is 61.6 Å². The van der Waals surface area contributed by atoms with Crippen LogP contribution in [0, 0.1) is 3.70 Å². The zero-order chi connectivity index (χ0) is 15.8. The van der Waals surface area contributed by atoms with E-state index in [9.17, 15) is 9.59 Å². The Hall–Kier alpha value is -1.64. The van der Waals surface area contributed by atoms with E-state index in [0.717, 1.165) is 10.1 Å². The highest BCUT2D eigenvalue weighted by molar-refractivity contribution is 14.1. The number of carbonyl (C=O) groups is 2. The van der Waals surface area contributed by atoms with E-state index in [2.05, 4.69) is 9.84 Å². The predicted octanol–water partition coefficient (Wildman–Crippen LogP) is 3.21. The van der Waals surface area contributed by atoms with Gasteiger partial charge < -0.3 is 9.47 Å². The fraction of sp³-hybridized carbons (Fsp3) is 0.357. The van der Waals surface area contributed by atoms with Gasteiger partial charge in [-0.25, -0.2) is 9.59 Å². The van der Waals surface area contributed by atoms with Crippen LogP contribution >= 0.6 is 22.6 Å². The van der Waals surface area contributed by atoms with Crippen molar-refractivity contribution in [2.24, 2.45) is 0 Å². The molecule has 0 saturated heterocycles. The molecule has 21 heavy (non-hydrogen) atoms. The van der Waals surface area contributed by atoms with Crippen molar-refractivity contribution >= 4 is 45.6 Å². The maximum atomic E-state index is 12.2. The second-order valence-corrected chi connectivity index (χ2v) is 6.43. The zero-order valence-corrected chi connectivity index (χ0v) is 14.3. The lowest BCUT2D eigenvalue weighted by molar-refractivity contribution is 0.0519. The van der Waals surface area contributed by atoms with Gasteiger partial charge >= 0.3 is 12.1 Å². The van der Waals surface area contributed by atoms with E-state index in [4.69, 9.17) is 4.74 Å². The van der Waals surface area contributed by atoms with Crippen LogP contribution in [-0.2, 0) is 9.47 Å². The molecule has 0 fully saturated rings. The van der Waals surface area contributed by atoms with Crippen molar-refractivity contribution in [1.29, 1.82) is 0 Å². The van der Waals surface area contributed by atoms with Gasteiger partial charge in [-0.1, -0.05) is 0 Å². The molecule has 0 aliphatic carbocycles. The third kappa shape index (κ3) is 3.34. The number of benzene rings is 1. The standard InChI is InChI=1S/C14H15IN2O4/c1-14(2,3)21-13(19)17-10-7-8(12(18)20-4)5-6-9(10)11(15)16-17/h5-7H,1-4H3. The van der Waals surface area contributed by atoms with E-state index in [1.54, 1.807) is 39.0 Å². The van der Waals surface area contributed by atoms with Crippen molar-refractivity contribution in [2.75, 3.05) is 7.11 Å². The van der Waals surface area contributed by atoms with Crippen molar-refractivity contribution in [3.05, 3.63) is 27.5 Å². The summed E-state index contributed by atoms with van der Waals surface area (Å²) in [6.07, 6.45) is -0.586. The Morgan fingerprint density at radius 3 is 2.52 bits per heavy atom. The summed E-state index contributed by atoms with van der Waals surface area (Å²) < 4.78 is 11.8. The number of hydrogen-bond acceptors (Lipinski definition) is 5. The van der Waals surface area contributed by atoms with E-state index >= 15 is 0 Å². The Bertz CT molecular complexity index is 716. The van der Waals surface area contributed by atoms with Gasteiger partial charge in [-0.3, -0.25) is 0 Å². The Labute approximate surface area is 135 Å². The topological polar surface area (TPSA) is 70.4 Å². The highest BCUT2D eigenvalue weighted by atomic mass is 127. The molecule has 0 aliphatic heterocycles. The minimum Gasteiger partial charge on any atom is -0.465 e. The van der Waals surface area contributed by atoms with Crippen LogP contribution in [0.4, 0.5) is 4.79 Å². The van der Waals surface area contributed by atoms with Crippen LogP contribution < -0.4 is 0 Å². The first-order chi connectivity index (χ1) is 9.73. The molecule has 0 saturated carbocycles. The fourth-order valence-corrected chi connectivity index (χ4v) is 2.44. The van der Waals surface area contributed by atoms with Crippen molar-refractivity contribution in [2.45, 2.75) is 26.4 Å². The molecule has 0 spiro atoms. The number of methoxy groups -OCH3 is 1. The molecular formula is C14H15IN2O4. The lowest BCUT2D eigenvalue weighted by atomic mass is 10.1. The number of carbonyl (C=O) groups excluding carboxylic acids is 2. The first-order valence-electron chi connectivity index (χ1n) is 6.23. The Balaban J connectivity index is 2.53. The van der Waals surface area contributed by atoms with Crippen LogP contribution in [0.1, 0.15) is 31.1 Å². The zero-order valence-electron chi connectivity index (χ0n) is 12.1. The van der Waals surface area contributed by atoms with Gasteiger partial charge in [-0.15, -0.1) is 0 Å². The minimum atomic E-state index is -0.624. The average Bonchev–Trinajstić information content (AvgIpc) is 2.73. The van der Waals surface area contributed by atoms with Gasteiger partial charge in [0, 0.05) is 5.39 Å². The van der Waals surface area contributed by atoms with E-state index in [1.165, 1.54) is 7.11 Å². The number of hydrogen-bond donors (Lipinski definition) is 0. The lowest BCUT2D eigenvalue weighted by Gasteiger charge is -2.19. The summed E-state index contributed by atoms with van der Waals surface area (Å²) in [6.45, 7) is 5.34. The van der Waals surface area contributed by atoms with Crippen LogP contribution in [0.2, 0.25) is 0 Å². The average molecular weight is 402 g/mol. The molecule has 0 atom stereocenters.